The molecule has 0 spiro atoms. The highest BCUT2D eigenvalue weighted by Crippen LogP contribution is 2.38. The molecule has 2 aromatic heterocycles. The third-order valence-electron chi connectivity index (χ3n) is 6.65. The molecule has 1 aliphatic rings. The molecule has 6 nitrogen and oxygen atoms in total. The number of amides is 1. The van der Waals surface area contributed by atoms with Crippen molar-refractivity contribution in [2.75, 3.05) is 0 Å². The second-order valence-corrected chi connectivity index (χ2v) is 8.69. The molecule has 5 rings (SSSR count). The predicted molar refractivity (Wildman–Crippen MR) is 122 cm³/mol. The number of rotatable bonds is 6. The average Bonchev–Trinajstić information content (AvgIpc) is 3.28. The number of benzene rings is 2. The first-order valence-corrected chi connectivity index (χ1v) is 11.2. The number of carbonyl (C=O) groups is 1. The molecule has 2 heterocycles. The first kappa shape index (κ1) is 22.0. The van der Waals surface area contributed by atoms with E-state index in [1.807, 2.05) is 0 Å². The van der Waals surface area contributed by atoms with E-state index in [4.69, 9.17) is 4.42 Å². The smallest absolute Gasteiger partial charge is 0.262 e. The maximum atomic E-state index is 14.8. The largest absolute Gasteiger partial charge is 0.451 e. The Morgan fingerprint density at radius 2 is 2.03 bits per heavy atom. The van der Waals surface area contributed by atoms with Gasteiger partial charge in [-0.1, -0.05) is 30.7 Å². The Morgan fingerprint density at radius 3 is 2.71 bits per heavy atom. The van der Waals surface area contributed by atoms with E-state index in [-0.39, 0.29) is 34.6 Å². The number of nitrogens with one attached hydrogen (secondary N) is 1. The Hall–Kier alpha value is -3.81. The molecule has 1 atom stereocenters. The summed E-state index contributed by atoms with van der Waals surface area (Å²) in [6.07, 6.45) is 5.52. The van der Waals surface area contributed by atoms with E-state index in [0.29, 0.717) is 17.0 Å². The predicted octanol–water partition coefficient (Wildman–Crippen LogP) is 4.90. The van der Waals surface area contributed by atoms with Gasteiger partial charge in [-0.3, -0.25) is 9.59 Å². The molecule has 0 aliphatic heterocycles. The van der Waals surface area contributed by atoms with E-state index in [1.165, 1.54) is 41.5 Å². The lowest BCUT2D eigenvalue weighted by atomic mass is 9.77. The summed E-state index contributed by atoms with van der Waals surface area (Å²) >= 11 is 0. The summed E-state index contributed by atoms with van der Waals surface area (Å²) < 4.78 is 35.1. The van der Waals surface area contributed by atoms with E-state index in [0.717, 1.165) is 19.3 Å². The maximum absolute atomic E-state index is 14.8. The lowest BCUT2D eigenvalue weighted by Crippen LogP contribution is -2.38. The Bertz CT molecular complexity index is 1430. The van der Waals surface area contributed by atoms with Crippen molar-refractivity contribution in [3.8, 4) is 0 Å². The third kappa shape index (κ3) is 3.89. The zero-order chi connectivity index (χ0) is 23.8. The van der Waals surface area contributed by atoms with Crippen LogP contribution < -0.4 is 10.9 Å². The lowest BCUT2D eigenvalue weighted by molar-refractivity contribution is 0.0900. The molecule has 1 amide bonds. The van der Waals surface area contributed by atoms with Crippen molar-refractivity contribution in [3.05, 3.63) is 99.6 Å². The monoisotopic (exact) mass is 463 g/mol. The summed E-state index contributed by atoms with van der Waals surface area (Å²) in [5, 5.41) is 3.14. The first-order valence-electron chi connectivity index (χ1n) is 11.2. The molecule has 0 bridgehead atoms. The number of fused-ring (bicyclic) bond motifs is 1. The second-order valence-electron chi connectivity index (χ2n) is 8.69. The van der Waals surface area contributed by atoms with Crippen molar-refractivity contribution in [1.29, 1.82) is 0 Å². The van der Waals surface area contributed by atoms with Gasteiger partial charge in [-0.15, -0.1) is 0 Å². The van der Waals surface area contributed by atoms with Gasteiger partial charge >= 0.3 is 0 Å². The van der Waals surface area contributed by atoms with Gasteiger partial charge in [0.1, 0.15) is 17.9 Å². The van der Waals surface area contributed by atoms with E-state index in [2.05, 4.69) is 10.3 Å². The summed E-state index contributed by atoms with van der Waals surface area (Å²) in [6, 6.07) is 10.1. The molecule has 4 aromatic rings. The molecule has 2 aromatic carbocycles. The molecule has 1 saturated carbocycles. The van der Waals surface area contributed by atoms with Gasteiger partial charge in [-0.2, -0.15) is 0 Å². The van der Waals surface area contributed by atoms with Crippen LogP contribution in [-0.2, 0) is 6.54 Å². The Kier molecular flexibility index (Phi) is 5.73. The average molecular weight is 463 g/mol. The number of oxazole rings is 1. The highest BCUT2D eigenvalue weighted by Gasteiger charge is 2.31. The fraction of sp³-hybridized carbons (Fsp3) is 0.269. The molecular formula is C26H23F2N3O3. The number of aromatic nitrogens is 2. The van der Waals surface area contributed by atoms with E-state index >= 15 is 0 Å². The van der Waals surface area contributed by atoms with Gasteiger partial charge < -0.3 is 14.3 Å². The normalized spacial score (nSPS) is 14.7. The lowest BCUT2D eigenvalue weighted by Gasteiger charge is -2.35. The third-order valence-corrected chi connectivity index (χ3v) is 6.65. The van der Waals surface area contributed by atoms with Crippen LogP contribution in [0.1, 0.15) is 52.6 Å². The molecular weight excluding hydrogens is 440 g/mol. The van der Waals surface area contributed by atoms with Crippen LogP contribution in [0.4, 0.5) is 8.78 Å². The molecule has 0 saturated heterocycles. The van der Waals surface area contributed by atoms with Crippen molar-refractivity contribution < 1.29 is 18.0 Å². The van der Waals surface area contributed by atoms with Crippen LogP contribution in [0.2, 0.25) is 0 Å². The minimum absolute atomic E-state index is 0.0294. The zero-order valence-electron chi connectivity index (χ0n) is 18.6. The van der Waals surface area contributed by atoms with Crippen LogP contribution in [0.3, 0.4) is 0 Å². The summed E-state index contributed by atoms with van der Waals surface area (Å²) in [4.78, 5) is 31.0. The number of halogens is 2. The Morgan fingerprint density at radius 1 is 1.24 bits per heavy atom. The molecule has 0 radical (unpaired) electrons. The van der Waals surface area contributed by atoms with Gasteiger partial charge in [0.2, 0.25) is 0 Å². The molecule has 1 fully saturated rings. The standard InChI is InChI=1S/C26H23F2N3O3/c1-15-22(25(32)30-24(16-5-2-6-16)17-7-3-8-18(27)11-17)20-9-4-10-21(28)23(20)26(33)31(15)12-19-13-34-14-29-19/h3-4,7-11,13-14,16,24H,2,5-6,12H2,1H3,(H,30,32)/t24-/m0/s1. The minimum atomic E-state index is -0.703. The number of hydrogen-bond acceptors (Lipinski definition) is 4. The van der Waals surface area contributed by atoms with Crippen LogP contribution in [0, 0.1) is 24.5 Å². The van der Waals surface area contributed by atoms with Crippen molar-refractivity contribution in [1.82, 2.24) is 14.9 Å². The number of hydrogen-bond donors (Lipinski definition) is 1. The molecule has 8 heteroatoms. The van der Waals surface area contributed by atoms with Crippen LogP contribution in [0.25, 0.3) is 10.8 Å². The summed E-state index contributed by atoms with van der Waals surface area (Å²) in [5.74, 6) is -1.34. The van der Waals surface area contributed by atoms with Gasteiger partial charge in [0.15, 0.2) is 6.39 Å². The topological polar surface area (TPSA) is 77.1 Å². The molecule has 0 unspecified atom stereocenters. The Balaban J connectivity index is 1.62. The van der Waals surface area contributed by atoms with Crippen LogP contribution >= 0.6 is 0 Å². The second kappa shape index (κ2) is 8.85. The first-order chi connectivity index (χ1) is 16.4. The van der Waals surface area contributed by atoms with E-state index in [1.54, 1.807) is 25.1 Å². The molecule has 1 N–H and O–H groups in total. The molecule has 1 aliphatic carbocycles. The minimum Gasteiger partial charge on any atom is -0.451 e. The summed E-state index contributed by atoms with van der Waals surface area (Å²) in [6.45, 7) is 1.68. The van der Waals surface area contributed by atoms with Crippen LogP contribution in [0.15, 0.2) is 64.3 Å². The van der Waals surface area contributed by atoms with Crippen molar-refractivity contribution in [2.45, 2.75) is 38.8 Å². The molecule has 174 valence electrons. The van der Waals surface area contributed by atoms with Crippen molar-refractivity contribution in [2.24, 2.45) is 5.92 Å². The number of nitrogens with zero attached hydrogens (tertiary/aromatic N) is 2. The zero-order valence-corrected chi connectivity index (χ0v) is 18.6. The number of pyridine rings is 1. The summed E-state index contributed by atoms with van der Waals surface area (Å²) in [7, 11) is 0. The Labute approximate surface area is 194 Å². The fourth-order valence-corrected chi connectivity index (χ4v) is 4.68. The highest BCUT2D eigenvalue weighted by molar-refractivity contribution is 6.08. The van der Waals surface area contributed by atoms with Gasteiger partial charge in [-0.25, -0.2) is 13.8 Å². The fourth-order valence-electron chi connectivity index (χ4n) is 4.68. The molecule has 34 heavy (non-hydrogen) atoms. The van der Waals surface area contributed by atoms with Gasteiger partial charge in [-0.05, 0) is 49.4 Å². The number of carbonyl (C=O) groups excluding carboxylic acids is 1. The van der Waals surface area contributed by atoms with Gasteiger partial charge in [0.05, 0.1) is 29.2 Å². The van der Waals surface area contributed by atoms with Crippen molar-refractivity contribution >= 4 is 16.7 Å². The van der Waals surface area contributed by atoms with Crippen molar-refractivity contribution in [3.63, 3.8) is 0 Å². The quantitative estimate of drug-likeness (QED) is 0.442. The maximum Gasteiger partial charge on any atom is 0.262 e. The highest BCUT2D eigenvalue weighted by atomic mass is 19.1. The van der Waals surface area contributed by atoms with E-state index in [9.17, 15) is 18.4 Å². The van der Waals surface area contributed by atoms with Gasteiger partial charge in [0, 0.05) is 11.1 Å². The van der Waals surface area contributed by atoms with Gasteiger partial charge in [0.25, 0.3) is 11.5 Å². The van der Waals surface area contributed by atoms with Crippen LogP contribution in [-0.4, -0.2) is 15.5 Å². The SMILES string of the molecule is Cc1c(C(=O)N[C@H](c2cccc(F)c2)C2CCC2)c2cccc(F)c2c(=O)n1Cc1cocn1. The van der Waals surface area contributed by atoms with E-state index < -0.39 is 23.3 Å². The van der Waals surface area contributed by atoms with Crippen LogP contribution in [0.5, 0.6) is 0 Å². The summed E-state index contributed by atoms with van der Waals surface area (Å²) in [5.41, 5.74) is 1.20.